The highest BCUT2D eigenvalue weighted by atomic mass is 16.7. The zero-order chi connectivity index (χ0) is 39.6. The first-order chi connectivity index (χ1) is 26.0. The molecule has 0 amide bonds. The fourth-order valence-electron chi connectivity index (χ4n) is 14.1. The first kappa shape index (κ1) is 41.1. The molecular weight excluding hydrogens is 720 g/mol. The van der Waals surface area contributed by atoms with Gasteiger partial charge >= 0.3 is 0 Å². The van der Waals surface area contributed by atoms with Crippen molar-refractivity contribution in [3.8, 4) is 0 Å². The summed E-state index contributed by atoms with van der Waals surface area (Å²) in [5, 5.41) is 93.8. The van der Waals surface area contributed by atoms with Crippen LogP contribution >= 0.6 is 0 Å². The Kier molecular flexibility index (Phi) is 10.9. The lowest BCUT2D eigenvalue weighted by molar-refractivity contribution is -0.327. The molecule has 0 radical (unpaired) electrons. The van der Waals surface area contributed by atoms with Crippen LogP contribution in [0.15, 0.2) is 0 Å². The maximum absolute atomic E-state index is 12.1. The molecule has 316 valence electrons. The van der Waals surface area contributed by atoms with Gasteiger partial charge in [-0.05, 0) is 85.9 Å². The summed E-state index contributed by atoms with van der Waals surface area (Å²) in [5.41, 5.74) is -0.707. The summed E-state index contributed by atoms with van der Waals surface area (Å²) < 4.78 is 37.1. The minimum atomic E-state index is -1.51. The second kappa shape index (κ2) is 14.5. The molecule has 8 fully saturated rings. The van der Waals surface area contributed by atoms with Crippen molar-refractivity contribution in [3.63, 3.8) is 0 Å². The summed E-state index contributed by atoms with van der Waals surface area (Å²) in [6.45, 7) is 8.13. The van der Waals surface area contributed by atoms with Gasteiger partial charge in [0.2, 0.25) is 0 Å². The number of hydrogen-bond acceptors (Lipinski definition) is 15. The Hall–Kier alpha value is -0.600. The van der Waals surface area contributed by atoms with E-state index in [1.54, 1.807) is 7.11 Å². The average Bonchev–Trinajstić information content (AvgIpc) is 3.61. The highest BCUT2D eigenvalue weighted by molar-refractivity contribution is 5.29. The van der Waals surface area contributed by atoms with E-state index in [0.717, 1.165) is 38.5 Å². The molecule has 3 saturated heterocycles. The van der Waals surface area contributed by atoms with Crippen molar-refractivity contribution in [1.29, 1.82) is 0 Å². The number of fused-ring (bicyclic) bond motifs is 6. The summed E-state index contributed by atoms with van der Waals surface area (Å²) in [4.78, 5) is 0. The van der Waals surface area contributed by atoms with E-state index in [1.807, 2.05) is 6.92 Å². The largest absolute Gasteiger partial charge is 0.394 e. The van der Waals surface area contributed by atoms with Crippen molar-refractivity contribution >= 4 is 0 Å². The standard InChI is InChI=1S/C40H66O15/c1-17(16-51-35-33(48)31(46)29(44)24(14-41)52-35)6-9-40(50-5)18(2)28-23(55-40)12-22-20-11-26(43)39-13-19(39)10-27(38(39,4)21(20)7-8-37(22,28)3)54-36-34(49)32(47)30(45)25(15-42)53-36/h17-36,41-49H,6-16H2,1-5H3/t17-,18-,19+,20+,21-,22-,23-,24+,25+,26+,27+,28-,29+,30+,31-,32-,33+,34+,35+,36-,37-,38-,39-,40+/m0/s1. The summed E-state index contributed by atoms with van der Waals surface area (Å²) in [6.07, 6.45) is -7.56. The third kappa shape index (κ3) is 5.92. The van der Waals surface area contributed by atoms with Crippen LogP contribution in [0.1, 0.15) is 79.1 Å². The number of aliphatic hydroxyl groups is 9. The van der Waals surface area contributed by atoms with Crippen LogP contribution < -0.4 is 0 Å². The Balaban J connectivity index is 0.943. The van der Waals surface area contributed by atoms with E-state index in [0.29, 0.717) is 24.7 Å². The van der Waals surface area contributed by atoms with Gasteiger partial charge in [-0.1, -0.05) is 27.7 Å². The molecule has 1 spiro atoms. The second-order valence-corrected chi connectivity index (χ2v) is 19.4. The van der Waals surface area contributed by atoms with Crippen molar-refractivity contribution in [2.75, 3.05) is 26.9 Å². The predicted molar refractivity (Wildman–Crippen MR) is 190 cm³/mol. The number of methoxy groups -OCH3 is 1. The zero-order valence-electron chi connectivity index (χ0n) is 32.8. The SMILES string of the molecule is CO[C@]1(CC[C@H](C)CO[C@@H]2O[C@H](CO)[C@@H](O)[C@H](O)[C@H]2O)O[C@H]2C[C@H]3[C@@H]4C[C@@H](O)[C@]56C[C@H]5C[C@@H](O[C@@H]5O[C@H](CO)[C@@H](O)[C@H](O)[C@H]5O)[C@]6(C)[C@H]4CC[C@]3(C)[C@H]2[C@@H]1C. The van der Waals surface area contributed by atoms with Gasteiger partial charge in [-0.3, -0.25) is 0 Å². The predicted octanol–water partition coefficient (Wildman–Crippen LogP) is -0.369. The minimum Gasteiger partial charge on any atom is -0.394 e. The Bertz CT molecular complexity index is 1390. The smallest absolute Gasteiger partial charge is 0.186 e. The molecule has 15 nitrogen and oxygen atoms in total. The van der Waals surface area contributed by atoms with E-state index in [2.05, 4.69) is 20.8 Å². The molecule has 3 aliphatic heterocycles. The minimum absolute atomic E-state index is 0.0105. The van der Waals surface area contributed by atoms with E-state index in [4.69, 9.17) is 28.4 Å². The van der Waals surface area contributed by atoms with Gasteiger partial charge in [-0.2, -0.15) is 0 Å². The molecule has 0 aromatic heterocycles. The normalized spacial score (nSPS) is 58.7. The lowest BCUT2D eigenvalue weighted by Gasteiger charge is -2.62. The molecule has 55 heavy (non-hydrogen) atoms. The Morgan fingerprint density at radius 1 is 0.800 bits per heavy atom. The van der Waals surface area contributed by atoms with Crippen molar-refractivity contribution in [3.05, 3.63) is 0 Å². The Morgan fingerprint density at radius 2 is 1.44 bits per heavy atom. The quantitative estimate of drug-likeness (QED) is 0.130. The maximum atomic E-state index is 12.1. The molecule has 8 aliphatic rings. The monoisotopic (exact) mass is 786 g/mol. The van der Waals surface area contributed by atoms with E-state index >= 15 is 0 Å². The number of hydrogen-bond donors (Lipinski definition) is 9. The number of ether oxygens (including phenoxy) is 6. The van der Waals surface area contributed by atoms with Crippen LogP contribution in [0.5, 0.6) is 0 Å². The topological polar surface area (TPSA) is 237 Å². The molecule has 9 N–H and O–H groups in total. The van der Waals surface area contributed by atoms with Crippen LogP contribution in [-0.4, -0.2) is 158 Å². The van der Waals surface area contributed by atoms with Gasteiger partial charge in [0.15, 0.2) is 18.4 Å². The lowest BCUT2D eigenvalue weighted by Crippen LogP contribution is -2.63. The van der Waals surface area contributed by atoms with Crippen LogP contribution in [0.4, 0.5) is 0 Å². The van der Waals surface area contributed by atoms with Crippen LogP contribution in [0.3, 0.4) is 0 Å². The van der Waals surface area contributed by atoms with E-state index in [9.17, 15) is 46.0 Å². The highest BCUT2D eigenvalue weighted by Crippen LogP contribution is 2.82. The van der Waals surface area contributed by atoms with E-state index in [-0.39, 0.29) is 59.2 Å². The number of rotatable bonds is 11. The Labute approximate surface area is 323 Å². The van der Waals surface area contributed by atoms with Crippen molar-refractivity contribution in [2.24, 2.45) is 57.7 Å². The van der Waals surface area contributed by atoms with Crippen LogP contribution in [-0.2, 0) is 28.4 Å². The summed E-state index contributed by atoms with van der Waals surface area (Å²) in [5.74, 6) is 0.681. The third-order valence-electron chi connectivity index (χ3n) is 17.2. The maximum Gasteiger partial charge on any atom is 0.186 e. The Morgan fingerprint density at radius 3 is 2.07 bits per heavy atom. The molecule has 5 saturated carbocycles. The average molecular weight is 787 g/mol. The van der Waals surface area contributed by atoms with Gasteiger partial charge in [0.25, 0.3) is 0 Å². The fourth-order valence-corrected chi connectivity index (χ4v) is 14.1. The van der Waals surface area contributed by atoms with Gasteiger partial charge in [-0.15, -0.1) is 0 Å². The van der Waals surface area contributed by atoms with Crippen molar-refractivity contribution in [2.45, 2.75) is 165 Å². The molecule has 5 aliphatic carbocycles. The summed E-state index contributed by atoms with van der Waals surface area (Å²) >= 11 is 0. The molecule has 15 heteroatoms. The second-order valence-electron chi connectivity index (χ2n) is 19.4. The summed E-state index contributed by atoms with van der Waals surface area (Å²) in [6, 6.07) is 0. The van der Waals surface area contributed by atoms with Gasteiger partial charge < -0.3 is 74.4 Å². The molecular formula is C40H66O15. The summed E-state index contributed by atoms with van der Waals surface area (Å²) in [7, 11) is 1.71. The first-order valence-corrected chi connectivity index (χ1v) is 20.8. The molecule has 0 aromatic carbocycles. The van der Waals surface area contributed by atoms with Gasteiger partial charge in [0.05, 0.1) is 38.1 Å². The van der Waals surface area contributed by atoms with Gasteiger partial charge in [-0.25, -0.2) is 0 Å². The molecule has 24 atom stereocenters. The van der Waals surface area contributed by atoms with E-state index in [1.165, 1.54) is 0 Å². The third-order valence-corrected chi connectivity index (χ3v) is 17.2. The molecule has 0 bridgehead atoms. The highest BCUT2D eigenvalue weighted by Gasteiger charge is 2.81. The fraction of sp³-hybridized carbons (Fsp3) is 1.00. The van der Waals surface area contributed by atoms with E-state index < -0.39 is 91.9 Å². The molecule has 8 rings (SSSR count). The lowest BCUT2D eigenvalue weighted by atomic mass is 9.44. The van der Waals surface area contributed by atoms with Crippen molar-refractivity contribution in [1.82, 2.24) is 0 Å². The first-order valence-electron chi connectivity index (χ1n) is 20.8. The van der Waals surface area contributed by atoms with Crippen LogP contribution in [0.2, 0.25) is 0 Å². The van der Waals surface area contributed by atoms with Gasteiger partial charge in [0, 0.05) is 30.3 Å². The zero-order valence-corrected chi connectivity index (χ0v) is 32.8. The van der Waals surface area contributed by atoms with Crippen LogP contribution in [0, 0.1) is 57.7 Å². The van der Waals surface area contributed by atoms with Gasteiger partial charge in [0.1, 0.15) is 48.8 Å². The van der Waals surface area contributed by atoms with Crippen molar-refractivity contribution < 1.29 is 74.4 Å². The number of aliphatic hydroxyl groups excluding tert-OH is 9. The van der Waals surface area contributed by atoms with Crippen LogP contribution in [0.25, 0.3) is 0 Å². The molecule has 3 heterocycles. The molecule has 0 unspecified atom stereocenters. The molecule has 0 aromatic rings.